The van der Waals surface area contributed by atoms with Crippen molar-refractivity contribution in [2.24, 2.45) is 5.10 Å². The van der Waals surface area contributed by atoms with Crippen LogP contribution in [-0.4, -0.2) is 18.2 Å². The molecule has 22 heavy (non-hydrogen) atoms. The number of nitrogens with zero attached hydrogens (tertiary/aromatic N) is 1. The van der Waals surface area contributed by atoms with Crippen LogP contribution in [0.1, 0.15) is 50.7 Å². The van der Waals surface area contributed by atoms with Crippen molar-refractivity contribution in [1.29, 1.82) is 0 Å². The standard InChI is InChI=1S/C18H24N2O2/c1-12(2)16-8-6-14(4)10-17(16)22-11-18(21)20-19-15-7-5-13(3)9-15/h6,8-10,12H,5,7,11H2,1-4H3,(H,20,21). The van der Waals surface area contributed by atoms with E-state index in [1.165, 1.54) is 5.57 Å². The molecule has 0 bridgehead atoms. The minimum absolute atomic E-state index is 0.0251. The molecule has 0 spiro atoms. The summed E-state index contributed by atoms with van der Waals surface area (Å²) in [4.78, 5) is 11.9. The summed E-state index contributed by atoms with van der Waals surface area (Å²) >= 11 is 0. The normalized spacial score (nSPS) is 16.0. The number of carbonyl (C=O) groups excluding carboxylic acids is 1. The Morgan fingerprint density at radius 2 is 2.09 bits per heavy atom. The molecule has 1 aromatic carbocycles. The van der Waals surface area contributed by atoms with E-state index in [2.05, 4.69) is 43.4 Å². The largest absolute Gasteiger partial charge is 0.483 e. The van der Waals surface area contributed by atoms with Crippen molar-refractivity contribution >= 4 is 11.6 Å². The van der Waals surface area contributed by atoms with Gasteiger partial charge in [-0.25, -0.2) is 5.43 Å². The highest BCUT2D eigenvalue weighted by molar-refractivity contribution is 5.98. The number of amides is 1. The lowest BCUT2D eigenvalue weighted by Crippen LogP contribution is -2.25. The Labute approximate surface area is 132 Å². The summed E-state index contributed by atoms with van der Waals surface area (Å²) < 4.78 is 5.68. The fourth-order valence-corrected chi connectivity index (χ4v) is 2.40. The summed E-state index contributed by atoms with van der Waals surface area (Å²) in [5.74, 6) is 0.890. The van der Waals surface area contributed by atoms with Crippen LogP contribution in [0.3, 0.4) is 0 Å². The van der Waals surface area contributed by atoms with Crippen LogP contribution in [0.2, 0.25) is 0 Å². The number of benzene rings is 1. The molecule has 4 nitrogen and oxygen atoms in total. The Balaban J connectivity index is 1.93. The molecule has 0 unspecified atom stereocenters. The average molecular weight is 300 g/mol. The second-order valence-corrected chi connectivity index (χ2v) is 6.11. The van der Waals surface area contributed by atoms with Gasteiger partial charge in [0.25, 0.3) is 5.91 Å². The maximum absolute atomic E-state index is 11.9. The highest BCUT2D eigenvalue weighted by atomic mass is 16.5. The predicted molar refractivity (Wildman–Crippen MR) is 89.3 cm³/mol. The van der Waals surface area contributed by atoms with E-state index in [-0.39, 0.29) is 12.5 Å². The monoisotopic (exact) mass is 300 g/mol. The number of allylic oxidation sites excluding steroid dienone is 2. The number of nitrogens with one attached hydrogen (secondary N) is 1. The molecule has 0 radical (unpaired) electrons. The first kappa shape index (κ1) is 16.3. The van der Waals surface area contributed by atoms with Crippen LogP contribution < -0.4 is 10.2 Å². The molecule has 1 aliphatic carbocycles. The molecule has 2 rings (SSSR count). The van der Waals surface area contributed by atoms with Crippen LogP contribution in [0, 0.1) is 6.92 Å². The summed E-state index contributed by atoms with van der Waals surface area (Å²) in [6.07, 6.45) is 3.92. The van der Waals surface area contributed by atoms with Gasteiger partial charge in [0, 0.05) is 0 Å². The first-order valence-electron chi connectivity index (χ1n) is 7.71. The molecule has 0 aromatic heterocycles. The number of aryl methyl sites for hydroxylation is 1. The predicted octanol–water partition coefficient (Wildman–Crippen LogP) is 3.71. The van der Waals surface area contributed by atoms with Crippen molar-refractivity contribution < 1.29 is 9.53 Å². The van der Waals surface area contributed by atoms with Gasteiger partial charge in [0.15, 0.2) is 6.61 Å². The molecule has 0 heterocycles. The van der Waals surface area contributed by atoms with Crippen LogP contribution in [-0.2, 0) is 4.79 Å². The number of carbonyl (C=O) groups is 1. The Morgan fingerprint density at radius 3 is 2.73 bits per heavy atom. The Morgan fingerprint density at radius 1 is 1.32 bits per heavy atom. The van der Waals surface area contributed by atoms with Crippen molar-refractivity contribution in [2.75, 3.05) is 6.61 Å². The number of hydrogen-bond acceptors (Lipinski definition) is 3. The molecule has 118 valence electrons. The van der Waals surface area contributed by atoms with Gasteiger partial charge in [0.1, 0.15) is 5.75 Å². The van der Waals surface area contributed by atoms with E-state index in [0.29, 0.717) is 5.92 Å². The van der Waals surface area contributed by atoms with Gasteiger partial charge in [-0.1, -0.05) is 31.6 Å². The number of rotatable bonds is 5. The number of hydrogen-bond donors (Lipinski definition) is 1. The summed E-state index contributed by atoms with van der Waals surface area (Å²) in [6.45, 7) is 8.27. The summed E-state index contributed by atoms with van der Waals surface area (Å²) in [5.41, 5.74) is 7.00. The fourth-order valence-electron chi connectivity index (χ4n) is 2.40. The van der Waals surface area contributed by atoms with Gasteiger partial charge in [-0.2, -0.15) is 5.10 Å². The van der Waals surface area contributed by atoms with Crippen molar-refractivity contribution in [3.63, 3.8) is 0 Å². The van der Waals surface area contributed by atoms with Crippen molar-refractivity contribution in [3.05, 3.63) is 41.0 Å². The minimum atomic E-state index is -0.235. The minimum Gasteiger partial charge on any atom is -0.483 e. The second kappa shape index (κ2) is 7.25. The molecule has 0 aliphatic heterocycles. The third kappa shape index (κ3) is 4.45. The van der Waals surface area contributed by atoms with Crippen LogP contribution in [0.15, 0.2) is 34.9 Å². The Kier molecular flexibility index (Phi) is 5.36. The lowest BCUT2D eigenvalue weighted by molar-refractivity contribution is -0.123. The summed E-state index contributed by atoms with van der Waals surface area (Å²) in [5, 5.41) is 4.12. The molecular weight excluding hydrogens is 276 g/mol. The summed E-state index contributed by atoms with van der Waals surface area (Å²) in [7, 11) is 0. The fraction of sp³-hybridized carbons (Fsp3) is 0.444. The molecule has 0 atom stereocenters. The van der Waals surface area contributed by atoms with Crippen LogP contribution in [0.5, 0.6) is 5.75 Å². The zero-order chi connectivity index (χ0) is 16.1. The average Bonchev–Trinajstić information content (AvgIpc) is 2.88. The van der Waals surface area contributed by atoms with Gasteiger partial charge in [-0.05, 0) is 55.9 Å². The van der Waals surface area contributed by atoms with Crippen molar-refractivity contribution in [1.82, 2.24) is 5.43 Å². The Bertz CT molecular complexity index is 616. The molecule has 0 saturated heterocycles. The third-order valence-electron chi connectivity index (χ3n) is 3.66. The van der Waals surface area contributed by atoms with Crippen LogP contribution in [0.25, 0.3) is 0 Å². The molecule has 1 aliphatic rings. The van der Waals surface area contributed by atoms with Crippen LogP contribution >= 0.6 is 0 Å². The molecule has 1 aromatic rings. The van der Waals surface area contributed by atoms with Gasteiger partial charge in [-0.15, -0.1) is 0 Å². The third-order valence-corrected chi connectivity index (χ3v) is 3.66. The SMILES string of the molecule is CC1=CC(=NNC(=O)COc2cc(C)ccc2C(C)C)CC1. The smallest absolute Gasteiger partial charge is 0.277 e. The first-order chi connectivity index (χ1) is 10.5. The van der Waals surface area contributed by atoms with E-state index in [0.717, 1.165) is 35.4 Å². The van der Waals surface area contributed by atoms with E-state index in [4.69, 9.17) is 4.74 Å². The van der Waals surface area contributed by atoms with Crippen molar-refractivity contribution in [3.8, 4) is 5.75 Å². The second-order valence-electron chi connectivity index (χ2n) is 6.11. The van der Waals surface area contributed by atoms with E-state index >= 15 is 0 Å². The molecular formula is C18H24N2O2. The number of ether oxygens (including phenoxy) is 1. The zero-order valence-corrected chi connectivity index (χ0v) is 13.8. The lowest BCUT2D eigenvalue weighted by Gasteiger charge is -2.14. The molecule has 0 fully saturated rings. The topological polar surface area (TPSA) is 50.7 Å². The van der Waals surface area contributed by atoms with Gasteiger partial charge < -0.3 is 4.74 Å². The van der Waals surface area contributed by atoms with Gasteiger partial charge in [-0.3, -0.25) is 4.79 Å². The van der Waals surface area contributed by atoms with E-state index in [9.17, 15) is 4.79 Å². The van der Waals surface area contributed by atoms with Gasteiger partial charge in [0.05, 0.1) is 5.71 Å². The van der Waals surface area contributed by atoms with Crippen molar-refractivity contribution in [2.45, 2.75) is 46.5 Å². The maximum Gasteiger partial charge on any atom is 0.277 e. The van der Waals surface area contributed by atoms with E-state index < -0.39 is 0 Å². The molecule has 4 heteroatoms. The van der Waals surface area contributed by atoms with E-state index in [1.54, 1.807) is 0 Å². The van der Waals surface area contributed by atoms with Gasteiger partial charge in [0.2, 0.25) is 0 Å². The first-order valence-corrected chi connectivity index (χ1v) is 7.71. The van der Waals surface area contributed by atoms with Gasteiger partial charge >= 0.3 is 0 Å². The lowest BCUT2D eigenvalue weighted by atomic mass is 10.0. The highest BCUT2D eigenvalue weighted by Gasteiger charge is 2.11. The quantitative estimate of drug-likeness (QED) is 0.843. The van der Waals surface area contributed by atoms with E-state index in [1.807, 2.05) is 19.1 Å². The Hall–Kier alpha value is -2.10. The molecule has 1 amide bonds. The van der Waals surface area contributed by atoms with Crippen LogP contribution in [0.4, 0.5) is 0 Å². The molecule has 0 saturated carbocycles. The maximum atomic E-state index is 11.9. The number of hydrazone groups is 1. The summed E-state index contributed by atoms with van der Waals surface area (Å²) in [6, 6.07) is 6.08. The molecule has 1 N–H and O–H groups in total. The highest BCUT2D eigenvalue weighted by Crippen LogP contribution is 2.27. The zero-order valence-electron chi connectivity index (χ0n) is 13.8.